The maximum absolute atomic E-state index is 13.7. The molecule has 2 aromatic carbocycles. The molecule has 1 aliphatic heterocycles. The molecule has 3 nitrogen and oxygen atoms in total. The Balaban J connectivity index is 1.68. The molecule has 3 rings (SSSR count). The topological polar surface area (TPSA) is 41.1 Å². The van der Waals surface area contributed by atoms with Gasteiger partial charge in [0.1, 0.15) is 5.82 Å². The molecule has 0 bridgehead atoms. The van der Waals surface area contributed by atoms with Crippen LogP contribution in [0, 0.1) is 12.7 Å². The van der Waals surface area contributed by atoms with Crippen LogP contribution in [-0.4, -0.2) is 5.91 Å². The molecule has 0 atom stereocenters. The molecule has 0 unspecified atom stereocenters. The summed E-state index contributed by atoms with van der Waals surface area (Å²) in [5.41, 5.74) is 4.48. The summed E-state index contributed by atoms with van der Waals surface area (Å²) >= 11 is 0. The standard InChI is InChI=1S/C17H17FN2O/c1-11-2-5-15(16(18)6-11)17(21)20-8-12-3-4-13-9-19-10-14(13)7-12/h2-7,19H,8-10H2,1H3,(H,20,21). The molecule has 2 N–H and O–H groups in total. The first-order valence-corrected chi connectivity index (χ1v) is 6.99. The number of hydrogen-bond donors (Lipinski definition) is 2. The van der Waals surface area contributed by atoms with Crippen LogP contribution in [0.1, 0.15) is 32.6 Å². The summed E-state index contributed by atoms with van der Waals surface area (Å²) in [6.07, 6.45) is 0. The molecule has 0 radical (unpaired) electrons. The minimum atomic E-state index is -0.481. The van der Waals surface area contributed by atoms with Crippen LogP contribution >= 0.6 is 0 Å². The Morgan fingerprint density at radius 3 is 2.81 bits per heavy atom. The lowest BCUT2D eigenvalue weighted by Gasteiger charge is -2.08. The van der Waals surface area contributed by atoms with Crippen molar-refractivity contribution in [3.05, 3.63) is 70.0 Å². The van der Waals surface area contributed by atoms with Crippen molar-refractivity contribution in [2.24, 2.45) is 0 Å². The second kappa shape index (κ2) is 5.66. The number of aryl methyl sites for hydroxylation is 1. The zero-order chi connectivity index (χ0) is 14.8. The monoisotopic (exact) mass is 284 g/mol. The number of benzene rings is 2. The molecule has 1 amide bonds. The highest BCUT2D eigenvalue weighted by Crippen LogP contribution is 2.17. The molecule has 0 spiro atoms. The number of carbonyl (C=O) groups excluding carboxylic acids is 1. The van der Waals surface area contributed by atoms with Crippen LogP contribution in [0.15, 0.2) is 36.4 Å². The lowest BCUT2D eigenvalue weighted by Crippen LogP contribution is -2.24. The zero-order valence-corrected chi connectivity index (χ0v) is 11.9. The highest BCUT2D eigenvalue weighted by Gasteiger charge is 2.13. The number of halogens is 1. The first-order valence-electron chi connectivity index (χ1n) is 6.99. The number of nitrogens with one attached hydrogen (secondary N) is 2. The number of amides is 1. The fraction of sp³-hybridized carbons (Fsp3) is 0.235. The van der Waals surface area contributed by atoms with Gasteiger partial charge in [0.15, 0.2) is 0 Å². The number of carbonyl (C=O) groups is 1. The van der Waals surface area contributed by atoms with Crippen LogP contribution in [0.25, 0.3) is 0 Å². The SMILES string of the molecule is Cc1ccc(C(=O)NCc2ccc3c(c2)CNC3)c(F)c1. The molecular weight excluding hydrogens is 267 g/mol. The Kier molecular flexibility index (Phi) is 3.71. The molecule has 2 aromatic rings. The van der Waals surface area contributed by atoms with E-state index >= 15 is 0 Å². The third-order valence-corrected chi connectivity index (χ3v) is 3.72. The van der Waals surface area contributed by atoms with Gasteiger partial charge in [-0.15, -0.1) is 0 Å². The summed E-state index contributed by atoms with van der Waals surface area (Å²) in [5.74, 6) is -0.864. The summed E-state index contributed by atoms with van der Waals surface area (Å²) in [7, 11) is 0. The van der Waals surface area contributed by atoms with Crippen molar-refractivity contribution in [2.75, 3.05) is 0 Å². The van der Waals surface area contributed by atoms with Crippen molar-refractivity contribution < 1.29 is 9.18 Å². The van der Waals surface area contributed by atoms with E-state index < -0.39 is 5.82 Å². The second-order valence-electron chi connectivity index (χ2n) is 5.37. The Morgan fingerprint density at radius 1 is 1.19 bits per heavy atom. The molecular formula is C17H17FN2O. The molecule has 1 aliphatic rings. The molecule has 0 aliphatic carbocycles. The van der Waals surface area contributed by atoms with E-state index in [2.05, 4.69) is 22.8 Å². The molecule has 0 saturated heterocycles. The van der Waals surface area contributed by atoms with Gasteiger partial charge < -0.3 is 10.6 Å². The number of fused-ring (bicyclic) bond motifs is 1. The summed E-state index contributed by atoms with van der Waals surface area (Å²) in [6.45, 7) is 3.96. The quantitative estimate of drug-likeness (QED) is 0.910. The molecule has 108 valence electrons. The van der Waals surface area contributed by atoms with E-state index in [0.29, 0.717) is 6.54 Å². The summed E-state index contributed by atoms with van der Waals surface area (Å²) in [5, 5.41) is 6.05. The van der Waals surface area contributed by atoms with Gasteiger partial charge >= 0.3 is 0 Å². The van der Waals surface area contributed by atoms with Crippen LogP contribution in [-0.2, 0) is 19.6 Å². The minimum Gasteiger partial charge on any atom is -0.348 e. The van der Waals surface area contributed by atoms with Crippen molar-refractivity contribution >= 4 is 5.91 Å². The molecule has 0 saturated carbocycles. The smallest absolute Gasteiger partial charge is 0.254 e. The van der Waals surface area contributed by atoms with Gasteiger partial charge in [0, 0.05) is 19.6 Å². The highest BCUT2D eigenvalue weighted by molar-refractivity contribution is 5.94. The van der Waals surface area contributed by atoms with Gasteiger partial charge in [0.2, 0.25) is 0 Å². The fourth-order valence-corrected chi connectivity index (χ4v) is 2.54. The van der Waals surface area contributed by atoms with Gasteiger partial charge in [-0.3, -0.25) is 4.79 Å². The first-order chi connectivity index (χ1) is 10.1. The maximum atomic E-state index is 13.7. The summed E-state index contributed by atoms with van der Waals surface area (Å²) in [4.78, 5) is 12.0. The van der Waals surface area contributed by atoms with Gasteiger partial charge in [0.25, 0.3) is 5.91 Å². The van der Waals surface area contributed by atoms with Gasteiger partial charge in [-0.25, -0.2) is 4.39 Å². The van der Waals surface area contributed by atoms with Crippen LogP contribution in [0.2, 0.25) is 0 Å². The molecule has 0 fully saturated rings. The number of hydrogen-bond acceptors (Lipinski definition) is 2. The van der Waals surface area contributed by atoms with E-state index in [1.54, 1.807) is 13.0 Å². The van der Waals surface area contributed by atoms with E-state index in [4.69, 9.17) is 0 Å². The van der Waals surface area contributed by atoms with Crippen LogP contribution in [0.4, 0.5) is 4.39 Å². The van der Waals surface area contributed by atoms with E-state index in [-0.39, 0.29) is 11.5 Å². The van der Waals surface area contributed by atoms with Crippen LogP contribution < -0.4 is 10.6 Å². The average molecular weight is 284 g/mol. The normalized spacial score (nSPS) is 13.0. The van der Waals surface area contributed by atoms with E-state index in [0.717, 1.165) is 24.2 Å². The van der Waals surface area contributed by atoms with Crippen molar-refractivity contribution in [2.45, 2.75) is 26.6 Å². The average Bonchev–Trinajstić information content (AvgIpc) is 2.92. The zero-order valence-electron chi connectivity index (χ0n) is 11.9. The van der Waals surface area contributed by atoms with Gasteiger partial charge in [-0.1, -0.05) is 24.3 Å². The number of rotatable bonds is 3. The predicted molar refractivity (Wildman–Crippen MR) is 79.3 cm³/mol. The molecule has 21 heavy (non-hydrogen) atoms. The van der Waals surface area contributed by atoms with E-state index in [1.807, 2.05) is 6.07 Å². The predicted octanol–water partition coefficient (Wildman–Crippen LogP) is 2.67. The molecule has 1 heterocycles. The van der Waals surface area contributed by atoms with Crippen LogP contribution in [0.3, 0.4) is 0 Å². The van der Waals surface area contributed by atoms with Crippen molar-refractivity contribution in [1.29, 1.82) is 0 Å². The van der Waals surface area contributed by atoms with Crippen molar-refractivity contribution in [3.63, 3.8) is 0 Å². The fourth-order valence-electron chi connectivity index (χ4n) is 2.54. The van der Waals surface area contributed by atoms with Crippen molar-refractivity contribution in [1.82, 2.24) is 10.6 Å². The van der Waals surface area contributed by atoms with E-state index in [1.165, 1.54) is 23.3 Å². The van der Waals surface area contributed by atoms with Gasteiger partial charge in [-0.05, 0) is 41.3 Å². The highest BCUT2D eigenvalue weighted by atomic mass is 19.1. The summed E-state index contributed by atoms with van der Waals surface area (Å²) in [6, 6.07) is 10.8. The Morgan fingerprint density at radius 2 is 2.00 bits per heavy atom. The Bertz CT molecular complexity index is 697. The van der Waals surface area contributed by atoms with E-state index in [9.17, 15) is 9.18 Å². The Labute approximate surface area is 123 Å². The summed E-state index contributed by atoms with van der Waals surface area (Å²) < 4.78 is 13.7. The first kappa shape index (κ1) is 13.8. The third-order valence-electron chi connectivity index (χ3n) is 3.72. The van der Waals surface area contributed by atoms with Crippen LogP contribution in [0.5, 0.6) is 0 Å². The molecule has 4 heteroatoms. The minimum absolute atomic E-state index is 0.0865. The van der Waals surface area contributed by atoms with Crippen molar-refractivity contribution in [3.8, 4) is 0 Å². The largest absolute Gasteiger partial charge is 0.348 e. The lowest BCUT2D eigenvalue weighted by molar-refractivity contribution is 0.0947. The lowest BCUT2D eigenvalue weighted by atomic mass is 10.1. The molecule has 0 aromatic heterocycles. The third kappa shape index (κ3) is 2.95. The van der Waals surface area contributed by atoms with Gasteiger partial charge in [-0.2, -0.15) is 0 Å². The Hall–Kier alpha value is -2.20. The maximum Gasteiger partial charge on any atom is 0.254 e. The second-order valence-corrected chi connectivity index (χ2v) is 5.37. The van der Waals surface area contributed by atoms with Gasteiger partial charge in [0.05, 0.1) is 5.56 Å².